The summed E-state index contributed by atoms with van der Waals surface area (Å²) in [5, 5.41) is 5.45. The Hall–Kier alpha value is -1.92. The van der Waals surface area contributed by atoms with Gasteiger partial charge in [-0.1, -0.05) is 6.92 Å². The molecule has 0 bridgehead atoms. The number of hydrogen-bond acceptors (Lipinski definition) is 4. The maximum absolute atomic E-state index is 11.9. The van der Waals surface area contributed by atoms with E-state index < -0.39 is 6.61 Å². The molecule has 0 unspecified atom stereocenters. The molecule has 1 aromatic heterocycles. The molecule has 100 valence electrons. The Balaban J connectivity index is 2.37. The third-order valence-electron chi connectivity index (χ3n) is 1.96. The van der Waals surface area contributed by atoms with Crippen LogP contribution in [0.2, 0.25) is 0 Å². The molecule has 1 aromatic rings. The molecule has 0 spiro atoms. The van der Waals surface area contributed by atoms with Crippen LogP contribution in [0.5, 0.6) is 5.75 Å². The molecular formula is C11H15F2N3O2. The van der Waals surface area contributed by atoms with E-state index in [1.165, 1.54) is 18.3 Å². The summed E-state index contributed by atoms with van der Waals surface area (Å²) >= 11 is 0. The van der Waals surface area contributed by atoms with Crippen molar-refractivity contribution in [2.75, 3.05) is 18.4 Å². The SMILES string of the molecule is CCCNC(=O)CNc1ccc(OC(F)F)cn1. The molecule has 1 heterocycles. The number of carbonyl (C=O) groups is 1. The van der Waals surface area contributed by atoms with Crippen LogP contribution in [0, 0.1) is 0 Å². The zero-order valence-corrected chi connectivity index (χ0v) is 9.95. The van der Waals surface area contributed by atoms with E-state index in [9.17, 15) is 13.6 Å². The molecule has 7 heteroatoms. The lowest BCUT2D eigenvalue weighted by Gasteiger charge is -2.07. The van der Waals surface area contributed by atoms with Crippen molar-refractivity contribution in [1.29, 1.82) is 0 Å². The van der Waals surface area contributed by atoms with Crippen LogP contribution in [0.3, 0.4) is 0 Å². The Morgan fingerprint density at radius 3 is 2.83 bits per heavy atom. The third kappa shape index (κ3) is 5.42. The maximum atomic E-state index is 11.9. The number of amides is 1. The highest BCUT2D eigenvalue weighted by Crippen LogP contribution is 2.14. The van der Waals surface area contributed by atoms with Crippen molar-refractivity contribution in [2.24, 2.45) is 0 Å². The molecule has 0 aliphatic rings. The van der Waals surface area contributed by atoms with Crippen LogP contribution in [0.4, 0.5) is 14.6 Å². The van der Waals surface area contributed by atoms with Crippen molar-refractivity contribution in [1.82, 2.24) is 10.3 Å². The number of hydrogen-bond donors (Lipinski definition) is 2. The van der Waals surface area contributed by atoms with Crippen LogP contribution in [-0.2, 0) is 4.79 Å². The summed E-state index contributed by atoms with van der Waals surface area (Å²) in [6, 6.07) is 2.82. The fourth-order valence-electron chi connectivity index (χ4n) is 1.16. The Labute approximate surface area is 104 Å². The molecule has 0 radical (unpaired) electrons. The first-order valence-electron chi connectivity index (χ1n) is 5.53. The largest absolute Gasteiger partial charge is 0.433 e. The van der Waals surface area contributed by atoms with E-state index >= 15 is 0 Å². The normalized spacial score (nSPS) is 10.2. The number of aromatic nitrogens is 1. The van der Waals surface area contributed by atoms with Gasteiger partial charge in [0.1, 0.15) is 11.6 Å². The number of alkyl halides is 2. The molecule has 0 aliphatic carbocycles. The summed E-state index contributed by atoms with van der Waals surface area (Å²) < 4.78 is 27.9. The molecule has 0 aliphatic heterocycles. The molecule has 0 atom stereocenters. The van der Waals surface area contributed by atoms with Crippen LogP contribution in [-0.4, -0.2) is 30.6 Å². The molecule has 0 saturated heterocycles. The minimum atomic E-state index is -2.87. The van der Waals surface area contributed by atoms with Crippen LogP contribution in [0.15, 0.2) is 18.3 Å². The van der Waals surface area contributed by atoms with Gasteiger partial charge in [-0.3, -0.25) is 4.79 Å². The fourth-order valence-corrected chi connectivity index (χ4v) is 1.16. The van der Waals surface area contributed by atoms with E-state index in [0.29, 0.717) is 12.4 Å². The molecule has 18 heavy (non-hydrogen) atoms. The lowest BCUT2D eigenvalue weighted by atomic mass is 10.4. The highest BCUT2D eigenvalue weighted by Gasteiger charge is 2.05. The van der Waals surface area contributed by atoms with Crippen molar-refractivity contribution in [3.05, 3.63) is 18.3 Å². The molecular weight excluding hydrogens is 244 g/mol. The highest BCUT2D eigenvalue weighted by molar-refractivity contribution is 5.80. The first-order chi connectivity index (χ1) is 8.61. The van der Waals surface area contributed by atoms with Crippen molar-refractivity contribution in [2.45, 2.75) is 20.0 Å². The molecule has 0 saturated carbocycles. The Morgan fingerprint density at radius 2 is 2.28 bits per heavy atom. The van der Waals surface area contributed by atoms with E-state index in [4.69, 9.17) is 0 Å². The standard InChI is InChI=1S/C11H15F2N3O2/c1-2-5-14-10(17)7-16-9-4-3-8(6-15-9)18-11(12)13/h3-4,6,11H,2,5,7H2,1H3,(H,14,17)(H,15,16). The molecule has 1 rings (SSSR count). The molecule has 0 aromatic carbocycles. The smallest absolute Gasteiger partial charge is 0.387 e. The van der Waals surface area contributed by atoms with Gasteiger partial charge >= 0.3 is 6.61 Å². The van der Waals surface area contributed by atoms with Gasteiger partial charge in [-0.25, -0.2) is 4.98 Å². The molecule has 2 N–H and O–H groups in total. The Morgan fingerprint density at radius 1 is 1.50 bits per heavy atom. The number of nitrogens with zero attached hydrogens (tertiary/aromatic N) is 1. The lowest BCUT2D eigenvalue weighted by molar-refractivity contribution is -0.119. The van der Waals surface area contributed by atoms with Gasteiger partial charge in [-0.05, 0) is 18.6 Å². The highest BCUT2D eigenvalue weighted by atomic mass is 19.3. The van der Waals surface area contributed by atoms with E-state index in [-0.39, 0.29) is 18.2 Å². The third-order valence-corrected chi connectivity index (χ3v) is 1.96. The van der Waals surface area contributed by atoms with Gasteiger partial charge in [0, 0.05) is 6.54 Å². The maximum Gasteiger partial charge on any atom is 0.387 e. The van der Waals surface area contributed by atoms with Crippen molar-refractivity contribution < 1.29 is 18.3 Å². The van der Waals surface area contributed by atoms with E-state index in [0.717, 1.165) is 6.42 Å². The van der Waals surface area contributed by atoms with Crippen LogP contribution >= 0.6 is 0 Å². The number of nitrogens with one attached hydrogen (secondary N) is 2. The van der Waals surface area contributed by atoms with Crippen molar-refractivity contribution in [3.63, 3.8) is 0 Å². The summed E-state index contributed by atoms with van der Waals surface area (Å²) in [7, 11) is 0. The monoisotopic (exact) mass is 259 g/mol. The lowest BCUT2D eigenvalue weighted by Crippen LogP contribution is -2.30. The first kappa shape index (κ1) is 14.1. The number of halogens is 2. The first-order valence-corrected chi connectivity index (χ1v) is 5.53. The van der Waals surface area contributed by atoms with E-state index in [1.807, 2.05) is 6.92 Å². The van der Waals surface area contributed by atoms with Gasteiger partial charge in [0.2, 0.25) is 5.91 Å². The average molecular weight is 259 g/mol. The van der Waals surface area contributed by atoms with Gasteiger partial charge in [-0.15, -0.1) is 0 Å². The van der Waals surface area contributed by atoms with E-state index in [2.05, 4.69) is 20.4 Å². The van der Waals surface area contributed by atoms with Crippen LogP contribution < -0.4 is 15.4 Å². The quantitative estimate of drug-likeness (QED) is 0.781. The predicted octanol–water partition coefficient (Wildman–Crippen LogP) is 1.62. The second kappa shape index (κ2) is 7.41. The van der Waals surface area contributed by atoms with Crippen LogP contribution in [0.25, 0.3) is 0 Å². The molecule has 5 nitrogen and oxygen atoms in total. The summed E-state index contributed by atoms with van der Waals surface area (Å²) in [6.07, 6.45) is 2.03. The van der Waals surface area contributed by atoms with E-state index in [1.54, 1.807) is 0 Å². The molecule has 1 amide bonds. The van der Waals surface area contributed by atoms with Crippen LogP contribution in [0.1, 0.15) is 13.3 Å². The second-order valence-electron chi connectivity index (χ2n) is 3.46. The summed E-state index contributed by atoms with van der Waals surface area (Å²) in [5.74, 6) is 0.251. The zero-order valence-electron chi connectivity index (χ0n) is 9.95. The number of carbonyl (C=O) groups excluding carboxylic acids is 1. The second-order valence-corrected chi connectivity index (χ2v) is 3.46. The average Bonchev–Trinajstić information content (AvgIpc) is 2.35. The Kier molecular flexibility index (Phi) is 5.83. The Bertz CT molecular complexity index is 371. The minimum absolute atomic E-state index is 0.0222. The summed E-state index contributed by atoms with van der Waals surface area (Å²) in [5.41, 5.74) is 0. The fraction of sp³-hybridized carbons (Fsp3) is 0.455. The number of ether oxygens (including phenoxy) is 1. The number of pyridine rings is 1. The van der Waals surface area contributed by atoms with Gasteiger partial charge in [-0.2, -0.15) is 8.78 Å². The minimum Gasteiger partial charge on any atom is -0.433 e. The van der Waals surface area contributed by atoms with Gasteiger partial charge < -0.3 is 15.4 Å². The topological polar surface area (TPSA) is 63.2 Å². The molecule has 0 fully saturated rings. The van der Waals surface area contributed by atoms with Crippen molar-refractivity contribution in [3.8, 4) is 5.75 Å². The zero-order chi connectivity index (χ0) is 13.4. The number of rotatable bonds is 7. The summed E-state index contributed by atoms with van der Waals surface area (Å²) in [4.78, 5) is 15.1. The predicted molar refractivity (Wildman–Crippen MR) is 62.7 cm³/mol. The van der Waals surface area contributed by atoms with Gasteiger partial charge in [0.15, 0.2) is 0 Å². The summed E-state index contributed by atoms with van der Waals surface area (Å²) in [6.45, 7) is -0.209. The number of anilines is 1. The van der Waals surface area contributed by atoms with Crippen molar-refractivity contribution >= 4 is 11.7 Å². The van der Waals surface area contributed by atoms with Gasteiger partial charge in [0.05, 0.1) is 12.7 Å². The van der Waals surface area contributed by atoms with Gasteiger partial charge in [0.25, 0.3) is 0 Å².